The molecular weight excluding hydrogens is 402 g/mol. The van der Waals surface area contributed by atoms with Crippen molar-refractivity contribution in [1.29, 1.82) is 0 Å². The number of piperazine rings is 1. The van der Waals surface area contributed by atoms with E-state index in [1.54, 1.807) is 41.4 Å². The van der Waals surface area contributed by atoms with Gasteiger partial charge in [0, 0.05) is 36.7 Å². The predicted molar refractivity (Wildman–Crippen MR) is 117 cm³/mol. The maximum atomic E-state index is 12.7. The Morgan fingerprint density at radius 2 is 1.97 bits per heavy atom. The van der Waals surface area contributed by atoms with E-state index < -0.39 is 0 Å². The lowest BCUT2D eigenvalue weighted by atomic mass is 10.1. The largest absolute Gasteiger partial charge is 0.322 e. The Labute approximate surface area is 179 Å². The lowest BCUT2D eigenvalue weighted by Crippen LogP contribution is -2.49. The topological polar surface area (TPSA) is 78.4 Å². The van der Waals surface area contributed by atoms with E-state index in [0.717, 1.165) is 17.8 Å². The molecule has 0 atom stereocenters. The molecule has 1 aliphatic heterocycles. The molecule has 152 valence electrons. The number of halogens is 1. The van der Waals surface area contributed by atoms with E-state index in [1.165, 1.54) is 6.20 Å². The van der Waals surface area contributed by atoms with Crippen LogP contribution in [0.3, 0.4) is 0 Å². The smallest absolute Gasteiger partial charge is 0.257 e. The van der Waals surface area contributed by atoms with Crippen LogP contribution in [0.15, 0.2) is 60.9 Å². The van der Waals surface area contributed by atoms with E-state index in [-0.39, 0.29) is 11.8 Å². The number of benzene rings is 1. The molecule has 0 unspecified atom stereocenters. The highest BCUT2D eigenvalue weighted by molar-refractivity contribution is 6.33. The van der Waals surface area contributed by atoms with Crippen LogP contribution in [0.4, 0.5) is 11.5 Å². The first-order chi connectivity index (χ1) is 14.5. The molecule has 1 aliphatic rings. The summed E-state index contributed by atoms with van der Waals surface area (Å²) in [7, 11) is 1.91. The SMILES string of the molecule is CN1CCN(c2ccc(C(=O)Nc3ccc(Cl)c(-c4ccccn4)c3)cn2)C(=O)C1. The Bertz CT molecular complexity index is 1070. The first-order valence-electron chi connectivity index (χ1n) is 9.48. The molecule has 1 N–H and O–H groups in total. The Morgan fingerprint density at radius 3 is 2.67 bits per heavy atom. The second-order valence-corrected chi connectivity index (χ2v) is 7.46. The van der Waals surface area contributed by atoms with Gasteiger partial charge in [-0.1, -0.05) is 17.7 Å². The third kappa shape index (κ3) is 4.32. The van der Waals surface area contributed by atoms with E-state index in [9.17, 15) is 9.59 Å². The molecular formula is C22H20ClN5O2. The van der Waals surface area contributed by atoms with Crippen molar-refractivity contribution >= 4 is 34.9 Å². The van der Waals surface area contributed by atoms with Crippen molar-refractivity contribution in [2.75, 3.05) is 36.9 Å². The molecule has 0 radical (unpaired) electrons. The van der Waals surface area contributed by atoms with Crippen molar-refractivity contribution < 1.29 is 9.59 Å². The summed E-state index contributed by atoms with van der Waals surface area (Å²) in [6.07, 6.45) is 3.17. The highest BCUT2D eigenvalue weighted by Gasteiger charge is 2.23. The molecule has 30 heavy (non-hydrogen) atoms. The van der Waals surface area contributed by atoms with Crippen molar-refractivity contribution in [3.8, 4) is 11.3 Å². The number of hydrogen-bond acceptors (Lipinski definition) is 5. The van der Waals surface area contributed by atoms with E-state index >= 15 is 0 Å². The van der Waals surface area contributed by atoms with Gasteiger partial charge in [-0.15, -0.1) is 0 Å². The number of rotatable bonds is 4. The molecule has 1 saturated heterocycles. The van der Waals surface area contributed by atoms with Gasteiger partial charge in [-0.25, -0.2) is 4.98 Å². The molecule has 3 heterocycles. The zero-order valence-electron chi connectivity index (χ0n) is 16.4. The van der Waals surface area contributed by atoms with Gasteiger partial charge in [-0.05, 0) is 49.5 Å². The van der Waals surface area contributed by atoms with Crippen LogP contribution < -0.4 is 10.2 Å². The molecule has 7 nitrogen and oxygen atoms in total. The maximum absolute atomic E-state index is 12.7. The molecule has 3 aromatic rings. The first kappa shape index (κ1) is 20.0. The average Bonchev–Trinajstić information content (AvgIpc) is 2.76. The molecule has 2 amide bonds. The van der Waals surface area contributed by atoms with Gasteiger partial charge in [0.1, 0.15) is 5.82 Å². The van der Waals surface area contributed by atoms with E-state index in [2.05, 4.69) is 15.3 Å². The van der Waals surface area contributed by atoms with Crippen LogP contribution in [0.25, 0.3) is 11.3 Å². The molecule has 1 fully saturated rings. The molecule has 0 aliphatic carbocycles. The highest BCUT2D eigenvalue weighted by atomic mass is 35.5. The summed E-state index contributed by atoms with van der Waals surface area (Å²) in [6.45, 7) is 1.72. The van der Waals surface area contributed by atoms with Gasteiger partial charge in [0.2, 0.25) is 5.91 Å². The lowest BCUT2D eigenvalue weighted by Gasteiger charge is -2.31. The molecule has 0 saturated carbocycles. The van der Waals surface area contributed by atoms with Crippen LogP contribution in [-0.4, -0.2) is 53.4 Å². The van der Waals surface area contributed by atoms with Gasteiger partial charge in [-0.3, -0.25) is 24.4 Å². The van der Waals surface area contributed by atoms with Crippen molar-refractivity contribution in [1.82, 2.24) is 14.9 Å². The number of pyridine rings is 2. The van der Waals surface area contributed by atoms with Crippen LogP contribution in [0, 0.1) is 0 Å². The van der Waals surface area contributed by atoms with Gasteiger partial charge < -0.3 is 5.32 Å². The second kappa shape index (κ2) is 8.61. The van der Waals surface area contributed by atoms with E-state index in [0.29, 0.717) is 35.2 Å². The Balaban J connectivity index is 1.49. The summed E-state index contributed by atoms with van der Waals surface area (Å²) >= 11 is 6.30. The zero-order valence-corrected chi connectivity index (χ0v) is 17.1. The molecule has 1 aromatic carbocycles. The van der Waals surface area contributed by atoms with Crippen LogP contribution in [-0.2, 0) is 4.79 Å². The number of nitrogens with one attached hydrogen (secondary N) is 1. The summed E-state index contributed by atoms with van der Waals surface area (Å²) in [5.74, 6) is 0.248. The summed E-state index contributed by atoms with van der Waals surface area (Å²) in [5, 5.41) is 3.41. The van der Waals surface area contributed by atoms with E-state index in [1.807, 2.05) is 30.1 Å². The fraction of sp³-hybridized carbons (Fsp3) is 0.182. The van der Waals surface area contributed by atoms with Gasteiger partial charge in [0.05, 0.1) is 22.8 Å². The van der Waals surface area contributed by atoms with Crippen molar-refractivity contribution in [3.05, 3.63) is 71.5 Å². The van der Waals surface area contributed by atoms with E-state index in [4.69, 9.17) is 11.6 Å². The summed E-state index contributed by atoms with van der Waals surface area (Å²) in [6, 6.07) is 14.2. The minimum atomic E-state index is -0.298. The maximum Gasteiger partial charge on any atom is 0.257 e. The van der Waals surface area contributed by atoms with Gasteiger partial charge in [-0.2, -0.15) is 0 Å². The van der Waals surface area contributed by atoms with Crippen LogP contribution in [0.5, 0.6) is 0 Å². The Morgan fingerprint density at radius 1 is 1.10 bits per heavy atom. The van der Waals surface area contributed by atoms with Crippen molar-refractivity contribution in [3.63, 3.8) is 0 Å². The number of carbonyl (C=O) groups excluding carboxylic acids is 2. The predicted octanol–water partition coefficient (Wildman–Crippen LogP) is 3.33. The number of hydrogen-bond donors (Lipinski definition) is 1. The molecule has 4 rings (SSSR count). The fourth-order valence-electron chi connectivity index (χ4n) is 3.24. The lowest BCUT2D eigenvalue weighted by molar-refractivity contribution is -0.120. The van der Waals surface area contributed by atoms with Crippen LogP contribution in [0.2, 0.25) is 5.02 Å². The minimum absolute atomic E-state index is 0.00309. The fourth-order valence-corrected chi connectivity index (χ4v) is 3.45. The molecule has 0 bridgehead atoms. The first-order valence-corrected chi connectivity index (χ1v) is 9.86. The third-order valence-electron chi connectivity index (χ3n) is 4.86. The Hall–Kier alpha value is -3.29. The number of nitrogens with zero attached hydrogens (tertiary/aromatic N) is 4. The monoisotopic (exact) mass is 421 g/mol. The summed E-state index contributed by atoms with van der Waals surface area (Å²) < 4.78 is 0. The highest BCUT2D eigenvalue weighted by Crippen LogP contribution is 2.29. The minimum Gasteiger partial charge on any atom is -0.322 e. The van der Waals surface area contributed by atoms with Gasteiger partial charge in [0.15, 0.2) is 0 Å². The average molecular weight is 422 g/mol. The van der Waals surface area contributed by atoms with Gasteiger partial charge >= 0.3 is 0 Å². The molecule has 8 heteroatoms. The standard InChI is InChI=1S/C22H20ClN5O2/c1-27-10-11-28(21(29)14-27)20-8-5-15(13-25-20)22(30)26-16-6-7-18(23)17(12-16)19-4-2-3-9-24-19/h2-9,12-13H,10-11,14H2,1H3,(H,26,30). The third-order valence-corrected chi connectivity index (χ3v) is 5.19. The Kier molecular flexibility index (Phi) is 5.74. The number of likely N-dealkylation sites (N-methyl/N-ethyl adjacent to an activating group) is 1. The number of carbonyl (C=O) groups is 2. The van der Waals surface area contributed by atoms with Crippen LogP contribution >= 0.6 is 11.6 Å². The summed E-state index contributed by atoms with van der Waals surface area (Å²) in [4.78, 5) is 37.1. The normalized spacial score (nSPS) is 14.6. The van der Waals surface area contributed by atoms with Gasteiger partial charge in [0.25, 0.3) is 5.91 Å². The van der Waals surface area contributed by atoms with Crippen LogP contribution in [0.1, 0.15) is 10.4 Å². The number of aromatic nitrogens is 2. The number of amides is 2. The number of anilines is 2. The zero-order chi connectivity index (χ0) is 21.1. The quantitative estimate of drug-likeness (QED) is 0.699. The molecule has 2 aromatic heterocycles. The van der Waals surface area contributed by atoms with Crippen molar-refractivity contribution in [2.45, 2.75) is 0 Å². The van der Waals surface area contributed by atoms with Crippen molar-refractivity contribution in [2.24, 2.45) is 0 Å². The second-order valence-electron chi connectivity index (χ2n) is 7.05. The molecule has 0 spiro atoms. The summed E-state index contributed by atoms with van der Waals surface area (Å²) in [5.41, 5.74) is 2.46.